The van der Waals surface area contributed by atoms with Gasteiger partial charge in [0.25, 0.3) is 0 Å². The van der Waals surface area contributed by atoms with Gasteiger partial charge >= 0.3 is 0 Å². The van der Waals surface area contributed by atoms with Crippen LogP contribution in [-0.2, 0) is 9.53 Å². The predicted octanol–water partition coefficient (Wildman–Crippen LogP) is -0.0154. The van der Waals surface area contributed by atoms with E-state index in [1.807, 2.05) is 11.9 Å². The SMILES string of the molecule is COCCNC(=O)CN(C)CCCC#N. The van der Waals surface area contributed by atoms with Crippen molar-refractivity contribution >= 4 is 5.91 Å². The lowest BCUT2D eigenvalue weighted by Gasteiger charge is -2.15. The average Bonchev–Trinajstić information content (AvgIpc) is 2.18. The number of nitrogens with zero attached hydrogens (tertiary/aromatic N) is 2. The van der Waals surface area contributed by atoms with Gasteiger partial charge in [-0.05, 0) is 20.0 Å². The lowest BCUT2D eigenvalue weighted by molar-refractivity contribution is -0.122. The van der Waals surface area contributed by atoms with E-state index in [-0.39, 0.29) is 5.91 Å². The number of nitrogens with one attached hydrogen (secondary N) is 1. The Hall–Kier alpha value is -1.12. The summed E-state index contributed by atoms with van der Waals surface area (Å²) in [6, 6.07) is 2.07. The summed E-state index contributed by atoms with van der Waals surface area (Å²) in [5.41, 5.74) is 0. The van der Waals surface area contributed by atoms with Gasteiger partial charge in [-0.15, -0.1) is 0 Å². The third-order valence-corrected chi connectivity index (χ3v) is 1.87. The van der Waals surface area contributed by atoms with Crippen molar-refractivity contribution in [2.75, 3.05) is 40.4 Å². The molecule has 0 fully saturated rings. The number of carbonyl (C=O) groups excluding carboxylic acids is 1. The number of rotatable bonds is 8. The van der Waals surface area contributed by atoms with Crippen molar-refractivity contribution in [3.8, 4) is 6.07 Å². The smallest absolute Gasteiger partial charge is 0.234 e. The number of carbonyl (C=O) groups is 1. The molecule has 0 spiro atoms. The summed E-state index contributed by atoms with van der Waals surface area (Å²) in [6.45, 7) is 2.21. The summed E-state index contributed by atoms with van der Waals surface area (Å²) < 4.78 is 4.81. The molecule has 1 N–H and O–H groups in total. The van der Waals surface area contributed by atoms with Gasteiger partial charge in [0, 0.05) is 20.1 Å². The van der Waals surface area contributed by atoms with Gasteiger partial charge < -0.3 is 10.1 Å². The molecule has 0 saturated carbocycles. The number of ether oxygens (including phenoxy) is 1. The number of hydrogen-bond acceptors (Lipinski definition) is 4. The van der Waals surface area contributed by atoms with Gasteiger partial charge in [-0.1, -0.05) is 0 Å². The molecule has 5 heteroatoms. The topological polar surface area (TPSA) is 65.4 Å². The van der Waals surface area contributed by atoms with Crippen molar-refractivity contribution in [1.82, 2.24) is 10.2 Å². The minimum absolute atomic E-state index is 0.00786. The first-order chi connectivity index (χ1) is 7.20. The minimum atomic E-state index is -0.00786. The molecule has 0 saturated heterocycles. The molecule has 1 amide bonds. The Balaban J connectivity index is 3.45. The van der Waals surface area contributed by atoms with Gasteiger partial charge in [0.15, 0.2) is 0 Å². The van der Waals surface area contributed by atoms with E-state index in [0.717, 1.165) is 13.0 Å². The molecule has 0 aromatic rings. The van der Waals surface area contributed by atoms with Gasteiger partial charge in [0.2, 0.25) is 5.91 Å². The maximum Gasteiger partial charge on any atom is 0.234 e. The van der Waals surface area contributed by atoms with Crippen LogP contribution in [0.25, 0.3) is 0 Å². The molecule has 0 radical (unpaired) electrons. The molecular formula is C10H19N3O2. The van der Waals surface area contributed by atoms with E-state index in [9.17, 15) is 4.79 Å². The highest BCUT2D eigenvalue weighted by Gasteiger charge is 2.04. The maximum atomic E-state index is 11.3. The van der Waals surface area contributed by atoms with E-state index in [2.05, 4.69) is 11.4 Å². The summed E-state index contributed by atoms with van der Waals surface area (Å²) in [7, 11) is 3.47. The number of methoxy groups -OCH3 is 1. The second-order valence-corrected chi connectivity index (χ2v) is 3.34. The van der Waals surface area contributed by atoms with Crippen molar-refractivity contribution in [3.63, 3.8) is 0 Å². The Bertz CT molecular complexity index is 213. The molecular weight excluding hydrogens is 194 g/mol. The Kier molecular flexibility index (Phi) is 8.73. The lowest BCUT2D eigenvalue weighted by Crippen LogP contribution is -2.36. The molecule has 0 bridgehead atoms. The van der Waals surface area contributed by atoms with Crippen molar-refractivity contribution < 1.29 is 9.53 Å². The van der Waals surface area contributed by atoms with Crippen LogP contribution < -0.4 is 5.32 Å². The Morgan fingerprint density at radius 1 is 1.60 bits per heavy atom. The van der Waals surface area contributed by atoms with Gasteiger partial charge in [0.05, 0.1) is 19.2 Å². The number of unbranched alkanes of at least 4 members (excludes halogenated alkanes) is 1. The van der Waals surface area contributed by atoms with E-state index in [4.69, 9.17) is 10.00 Å². The summed E-state index contributed by atoms with van der Waals surface area (Å²) in [6.07, 6.45) is 1.34. The molecule has 0 atom stereocenters. The van der Waals surface area contributed by atoms with Crippen LogP contribution in [0.15, 0.2) is 0 Å². The van der Waals surface area contributed by atoms with Gasteiger partial charge in [0.1, 0.15) is 0 Å². The molecule has 86 valence electrons. The van der Waals surface area contributed by atoms with Crippen LogP contribution >= 0.6 is 0 Å². The van der Waals surface area contributed by atoms with Crippen LogP contribution in [-0.4, -0.2) is 51.2 Å². The summed E-state index contributed by atoms with van der Waals surface area (Å²) in [5, 5.41) is 11.1. The molecule has 0 unspecified atom stereocenters. The Morgan fingerprint density at radius 2 is 2.33 bits per heavy atom. The summed E-state index contributed by atoms with van der Waals surface area (Å²) >= 11 is 0. The van der Waals surface area contributed by atoms with E-state index in [1.165, 1.54) is 0 Å². The highest BCUT2D eigenvalue weighted by atomic mass is 16.5. The Labute approximate surface area is 91.0 Å². The van der Waals surface area contributed by atoms with Crippen LogP contribution in [0.3, 0.4) is 0 Å². The maximum absolute atomic E-state index is 11.3. The molecule has 0 heterocycles. The molecule has 0 aliphatic rings. The molecule has 15 heavy (non-hydrogen) atoms. The third kappa shape index (κ3) is 9.19. The van der Waals surface area contributed by atoms with Gasteiger partial charge in [-0.2, -0.15) is 5.26 Å². The van der Waals surface area contributed by atoms with Crippen LogP contribution in [0.2, 0.25) is 0 Å². The first kappa shape index (κ1) is 13.9. The fourth-order valence-corrected chi connectivity index (χ4v) is 1.10. The second kappa shape index (κ2) is 9.44. The predicted molar refractivity (Wildman–Crippen MR) is 57.2 cm³/mol. The fourth-order valence-electron chi connectivity index (χ4n) is 1.10. The van der Waals surface area contributed by atoms with Crippen LogP contribution in [0.5, 0.6) is 0 Å². The molecule has 0 aromatic carbocycles. The first-order valence-electron chi connectivity index (χ1n) is 5.01. The van der Waals surface area contributed by atoms with Crippen LogP contribution in [0.1, 0.15) is 12.8 Å². The van der Waals surface area contributed by atoms with E-state index < -0.39 is 0 Å². The van der Waals surface area contributed by atoms with E-state index in [0.29, 0.717) is 26.1 Å². The van der Waals surface area contributed by atoms with Crippen LogP contribution in [0, 0.1) is 11.3 Å². The molecule has 0 aromatic heterocycles. The molecule has 0 rings (SSSR count). The quantitative estimate of drug-likeness (QED) is 0.576. The standard InChI is InChI=1S/C10H19N3O2/c1-13(7-4-3-5-11)9-10(14)12-6-8-15-2/h3-4,6-9H2,1-2H3,(H,12,14). The largest absolute Gasteiger partial charge is 0.383 e. The zero-order valence-electron chi connectivity index (χ0n) is 9.45. The zero-order valence-corrected chi connectivity index (χ0v) is 9.45. The highest BCUT2D eigenvalue weighted by Crippen LogP contribution is 1.90. The highest BCUT2D eigenvalue weighted by molar-refractivity contribution is 5.77. The van der Waals surface area contributed by atoms with Crippen molar-refractivity contribution in [2.45, 2.75) is 12.8 Å². The van der Waals surface area contributed by atoms with Crippen molar-refractivity contribution in [1.29, 1.82) is 5.26 Å². The monoisotopic (exact) mass is 213 g/mol. The summed E-state index contributed by atoms with van der Waals surface area (Å²) in [4.78, 5) is 13.2. The first-order valence-corrected chi connectivity index (χ1v) is 5.01. The fraction of sp³-hybridized carbons (Fsp3) is 0.800. The second-order valence-electron chi connectivity index (χ2n) is 3.34. The van der Waals surface area contributed by atoms with Gasteiger partial charge in [-0.3, -0.25) is 9.69 Å². The minimum Gasteiger partial charge on any atom is -0.383 e. The molecule has 5 nitrogen and oxygen atoms in total. The number of likely N-dealkylation sites (N-methyl/N-ethyl adjacent to an activating group) is 1. The average molecular weight is 213 g/mol. The van der Waals surface area contributed by atoms with Gasteiger partial charge in [-0.25, -0.2) is 0 Å². The van der Waals surface area contributed by atoms with Crippen LogP contribution in [0.4, 0.5) is 0 Å². The Morgan fingerprint density at radius 3 is 2.93 bits per heavy atom. The number of hydrogen-bond donors (Lipinski definition) is 1. The van der Waals surface area contributed by atoms with Crippen molar-refractivity contribution in [2.24, 2.45) is 0 Å². The summed E-state index contributed by atoms with van der Waals surface area (Å²) in [5.74, 6) is -0.00786. The number of amides is 1. The third-order valence-electron chi connectivity index (χ3n) is 1.87. The molecule has 0 aliphatic carbocycles. The van der Waals surface area contributed by atoms with Crippen molar-refractivity contribution in [3.05, 3.63) is 0 Å². The van der Waals surface area contributed by atoms with E-state index in [1.54, 1.807) is 7.11 Å². The normalized spacial score (nSPS) is 10.0. The zero-order chi connectivity index (χ0) is 11.5. The molecule has 0 aliphatic heterocycles. The lowest BCUT2D eigenvalue weighted by atomic mass is 10.3. The van der Waals surface area contributed by atoms with E-state index >= 15 is 0 Å². The number of nitriles is 1.